The van der Waals surface area contributed by atoms with Crippen LogP contribution in [0.3, 0.4) is 0 Å². The van der Waals surface area contributed by atoms with Crippen molar-refractivity contribution in [2.24, 2.45) is 0 Å². The van der Waals surface area contributed by atoms with E-state index in [1.807, 2.05) is 30.1 Å². The molecule has 0 saturated heterocycles. The first-order chi connectivity index (χ1) is 8.45. The second-order valence-electron chi connectivity index (χ2n) is 5.62. The Morgan fingerprint density at radius 3 is 2.72 bits per heavy atom. The van der Waals surface area contributed by atoms with Crippen molar-refractivity contribution in [2.45, 2.75) is 45.2 Å². The van der Waals surface area contributed by atoms with Gasteiger partial charge in [-0.25, -0.2) is 0 Å². The van der Waals surface area contributed by atoms with Crippen molar-refractivity contribution >= 4 is 11.6 Å². The first-order valence-electron chi connectivity index (χ1n) is 6.58. The van der Waals surface area contributed by atoms with E-state index in [0.717, 1.165) is 18.5 Å². The van der Waals surface area contributed by atoms with Gasteiger partial charge in [0, 0.05) is 24.7 Å². The van der Waals surface area contributed by atoms with Gasteiger partial charge < -0.3 is 10.2 Å². The molecule has 0 fully saturated rings. The van der Waals surface area contributed by atoms with Gasteiger partial charge >= 0.3 is 0 Å². The van der Waals surface area contributed by atoms with Crippen LogP contribution in [0.25, 0.3) is 0 Å². The molecule has 1 aromatic carbocycles. The van der Waals surface area contributed by atoms with Crippen molar-refractivity contribution in [1.29, 1.82) is 0 Å². The molecule has 0 aliphatic carbocycles. The van der Waals surface area contributed by atoms with E-state index in [1.165, 1.54) is 5.56 Å². The molecular formula is C15H22N2O. The molecule has 1 unspecified atom stereocenters. The Morgan fingerprint density at radius 1 is 1.44 bits per heavy atom. The molecule has 1 aliphatic rings. The van der Waals surface area contributed by atoms with Crippen molar-refractivity contribution in [3.63, 3.8) is 0 Å². The van der Waals surface area contributed by atoms with Gasteiger partial charge in [0.05, 0.1) is 0 Å². The predicted molar refractivity (Wildman–Crippen MR) is 74.7 cm³/mol. The molecule has 0 saturated carbocycles. The summed E-state index contributed by atoms with van der Waals surface area (Å²) in [6.45, 7) is 6.32. The number of amides is 1. The minimum Gasteiger partial charge on any atom is -0.373 e. The molecule has 0 spiro atoms. The summed E-state index contributed by atoms with van der Waals surface area (Å²) in [4.78, 5) is 14.4. The number of rotatable bonds is 3. The Morgan fingerprint density at radius 2 is 2.11 bits per heavy atom. The van der Waals surface area contributed by atoms with Crippen molar-refractivity contribution < 1.29 is 4.79 Å². The Balaban J connectivity index is 2.10. The van der Waals surface area contributed by atoms with E-state index in [-0.39, 0.29) is 17.5 Å². The molecule has 1 aromatic rings. The number of likely N-dealkylation sites (N-methyl/N-ethyl adjacent to an activating group) is 1. The lowest BCUT2D eigenvalue weighted by molar-refractivity contribution is -0.135. The maximum Gasteiger partial charge on any atom is 0.245 e. The minimum absolute atomic E-state index is 0.0897. The quantitative estimate of drug-likeness (QED) is 0.889. The first-order valence-corrected chi connectivity index (χ1v) is 6.58. The van der Waals surface area contributed by atoms with Gasteiger partial charge in [-0.2, -0.15) is 0 Å². The molecule has 2 rings (SSSR count). The van der Waals surface area contributed by atoms with Gasteiger partial charge in [0.25, 0.3) is 0 Å². The predicted octanol–water partition coefficient (Wildman–Crippen LogP) is 2.67. The lowest BCUT2D eigenvalue weighted by atomic mass is 9.98. The van der Waals surface area contributed by atoms with Crippen molar-refractivity contribution in [3.8, 4) is 0 Å². The molecule has 0 bridgehead atoms. The van der Waals surface area contributed by atoms with Crippen LogP contribution in [0, 0.1) is 0 Å². The lowest BCUT2D eigenvalue weighted by Gasteiger charge is -2.36. The number of carbonyl (C=O) groups is 1. The van der Waals surface area contributed by atoms with Gasteiger partial charge in [0.15, 0.2) is 0 Å². The molecular weight excluding hydrogens is 224 g/mol. The molecule has 1 amide bonds. The Kier molecular flexibility index (Phi) is 3.33. The summed E-state index contributed by atoms with van der Waals surface area (Å²) in [6, 6.07) is 8.03. The highest BCUT2D eigenvalue weighted by Gasteiger charge is 2.33. The summed E-state index contributed by atoms with van der Waals surface area (Å²) in [6.07, 6.45) is 1.74. The van der Waals surface area contributed by atoms with Crippen LogP contribution < -0.4 is 5.32 Å². The molecule has 3 nitrogen and oxygen atoms in total. The zero-order chi connectivity index (χ0) is 13.3. The fourth-order valence-corrected chi connectivity index (χ4v) is 2.22. The molecule has 1 aliphatic heterocycles. The van der Waals surface area contributed by atoms with E-state index in [9.17, 15) is 4.79 Å². The van der Waals surface area contributed by atoms with E-state index in [0.29, 0.717) is 0 Å². The van der Waals surface area contributed by atoms with Crippen LogP contribution in [-0.2, 0) is 11.2 Å². The number of hydrogen-bond acceptors (Lipinski definition) is 2. The SMILES string of the molecule is CCC(C)(C)N(C)C(=O)C1Cc2ccccc2N1. The maximum atomic E-state index is 12.5. The van der Waals surface area contributed by atoms with Crippen LogP contribution in [0.5, 0.6) is 0 Å². The standard InChI is InChI=1S/C15H22N2O/c1-5-15(2,3)17(4)14(18)13-10-11-8-6-7-9-12(11)16-13/h6-9,13,16H,5,10H2,1-4H3. The number of benzene rings is 1. The van der Waals surface area contributed by atoms with Gasteiger partial charge in [-0.3, -0.25) is 4.79 Å². The Bertz CT molecular complexity index is 429. The topological polar surface area (TPSA) is 32.3 Å². The third-order valence-corrected chi connectivity index (χ3v) is 4.17. The number of carbonyl (C=O) groups excluding carboxylic acids is 1. The fraction of sp³-hybridized carbons (Fsp3) is 0.533. The van der Waals surface area contributed by atoms with Crippen LogP contribution >= 0.6 is 0 Å². The van der Waals surface area contributed by atoms with Gasteiger partial charge in [0.2, 0.25) is 5.91 Å². The average Bonchev–Trinajstić information content (AvgIpc) is 2.80. The van der Waals surface area contributed by atoms with E-state index in [1.54, 1.807) is 0 Å². The van der Waals surface area contributed by atoms with Gasteiger partial charge in [-0.05, 0) is 31.9 Å². The molecule has 18 heavy (non-hydrogen) atoms. The summed E-state index contributed by atoms with van der Waals surface area (Å²) >= 11 is 0. The smallest absolute Gasteiger partial charge is 0.245 e. The van der Waals surface area contributed by atoms with Gasteiger partial charge in [-0.1, -0.05) is 25.1 Å². The van der Waals surface area contributed by atoms with Crippen molar-refractivity contribution in [3.05, 3.63) is 29.8 Å². The van der Waals surface area contributed by atoms with Gasteiger partial charge in [-0.15, -0.1) is 0 Å². The van der Waals surface area contributed by atoms with Crippen LogP contribution in [0.2, 0.25) is 0 Å². The van der Waals surface area contributed by atoms with Crippen molar-refractivity contribution in [1.82, 2.24) is 4.90 Å². The van der Waals surface area contributed by atoms with Crippen LogP contribution in [0.1, 0.15) is 32.8 Å². The summed E-state index contributed by atoms with van der Waals surface area (Å²) < 4.78 is 0. The molecule has 3 heteroatoms. The number of hydrogen-bond donors (Lipinski definition) is 1. The lowest BCUT2D eigenvalue weighted by Crippen LogP contribution is -2.50. The van der Waals surface area contributed by atoms with Crippen molar-refractivity contribution in [2.75, 3.05) is 12.4 Å². The van der Waals surface area contributed by atoms with E-state index in [2.05, 4.69) is 32.2 Å². The highest BCUT2D eigenvalue weighted by molar-refractivity contribution is 5.87. The maximum absolute atomic E-state index is 12.5. The Hall–Kier alpha value is -1.51. The third kappa shape index (κ3) is 2.22. The molecule has 1 heterocycles. The largest absolute Gasteiger partial charge is 0.373 e. The highest BCUT2D eigenvalue weighted by atomic mass is 16.2. The van der Waals surface area contributed by atoms with Crippen LogP contribution in [0.4, 0.5) is 5.69 Å². The normalized spacial score (nSPS) is 18.1. The fourth-order valence-electron chi connectivity index (χ4n) is 2.22. The summed E-state index contributed by atoms with van der Waals surface area (Å²) in [5.41, 5.74) is 2.24. The summed E-state index contributed by atoms with van der Waals surface area (Å²) in [5.74, 6) is 0.179. The zero-order valence-electron chi connectivity index (χ0n) is 11.7. The number of nitrogens with one attached hydrogen (secondary N) is 1. The molecule has 98 valence electrons. The van der Waals surface area contributed by atoms with E-state index < -0.39 is 0 Å². The molecule has 1 atom stereocenters. The van der Waals surface area contributed by atoms with Crippen LogP contribution in [0.15, 0.2) is 24.3 Å². The first kappa shape index (κ1) is 12.9. The summed E-state index contributed by atoms with van der Waals surface area (Å²) in [7, 11) is 1.90. The van der Waals surface area contributed by atoms with Gasteiger partial charge in [0.1, 0.15) is 6.04 Å². The highest BCUT2D eigenvalue weighted by Crippen LogP contribution is 2.27. The number of fused-ring (bicyclic) bond motifs is 1. The second-order valence-corrected chi connectivity index (χ2v) is 5.62. The molecule has 1 N–H and O–H groups in total. The molecule has 0 radical (unpaired) electrons. The van der Waals surface area contributed by atoms with E-state index >= 15 is 0 Å². The average molecular weight is 246 g/mol. The minimum atomic E-state index is -0.113. The second kappa shape index (κ2) is 4.63. The van der Waals surface area contributed by atoms with E-state index in [4.69, 9.17) is 0 Å². The number of nitrogens with zero attached hydrogens (tertiary/aromatic N) is 1. The summed E-state index contributed by atoms with van der Waals surface area (Å²) in [5, 5.41) is 3.32. The monoisotopic (exact) mass is 246 g/mol. The third-order valence-electron chi connectivity index (χ3n) is 4.17. The number of para-hydroxylation sites is 1. The zero-order valence-corrected chi connectivity index (χ0v) is 11.7. The Labute approximate surface area is 109 Å². The molecule has 0 aromatic heterocycles. The number of anilines is 1. The van der Waals surface area contributed by atoms with Crippen LogP contribution in [-0.4, -0.2) is 29.4 Å².